The summed E-state index contributed by atoms with van der Waals surface area (Å²) in [6.45, 7) is 2.63. The fraction of sp³-hybridized carbons (Fsp3) is 0.263. The Kier molecular flexibility index (Phi) is 4.90. The molecule has 0 aromatic carbocycles. The average molecular weight is 379 g/mol. The average Bonchev–Trinajstić information content (AvgIpc) is 3.17. The summed E-state index contributed by atoms with van der Waals surface area (Å²) in [5.74, 6) is -0.271. The molecular formula is C19H21N7O2. The fourth-order valence-electron chi connectivity index (χ4n) is 3.42. The summed E-state index contributed by atoms with van der Waals surface area (Å²) in [6, 6.07) is 5.36. The van der Waals surface area contributed by atoms with Crippen molar-refractivity contribution >= 4 is 34.2 Å². The van der Waals surface area contributed by atoms with Crippen LogP contribution in [-0.4, -0.2) is 64.4 Å². The van der Waals surface area contributed by atoms with E-state index < -0.39 is 0 Å². The normalized spacial score (nSPS) is 14.3. The maximum Gasteiger partial charge on any atom is 0.257 e. The lowest BCUT2D eigenvalue weighted by Gasteiger charge is -2.36. The number of carbonyl (C=O) groups excluding carboxylic acids is 2. The number of aromatic amines is 1. The molecule has 0 unspecified atom stereocenters. The Labute approximate surface area is 161 Å². The van der Waals surface area contributed by atoms with Gasteiger partial charge >= 0.3 is 0 Å². The van der Waals surface area contributed by atoms with E-state index in [9.17, 15) is 9.59 Å². The van der Waals surface area contributed by atoms with E-state index in [0.29, 0.717) is 43.1 Å². The lowest BCUT2D eigenvalue weighted by Crippen LogP contribution is -2.50. The Morgan fingerprint density at radius 2 is 2.00 bits per heavy atom. The van der Waals surface area contributed by atoms with Crippen molar-refractivity contribution in [2.75, 3.05) is 42.9 Å². The highest BCUT2D eigenvalue weighted by molar-refractivity contribution is 6.11. The SMILES string of the molecule is NCC(=O)N1CCN(c2ccnc3[nH]cc(NC(=O)c4cccnc4)c23)CC1. The lowest BCUT2D eigenvalue weighted by atomic mass is 10.2. The van der Waals surface area contributed by atoms with E-state index in [0.717, 1.165) is 11.1 Å². The van der Waals surface area contributed by atoms with Crippen LogP contribution in [0.25, 0.3) is 11.0 Å². The first kappa shape index (κ1) is 17.9. The van der Waals surface area contributed by atoms with Crippen molar-refractivity contribution in [1.29, 1.82) is 0 Å². The molecule has 4 rings (SSSR count). The van der Waals surface area contributed by atoms with E-state index in [4.69, 9.17) is 5.73 Å². The Bertz CT molecular complexity index is 994. The summed E-state index contributed by atoms with van der Waals surface area (Å²) in [4.78, 5) is 39.8. The van der Waals surface area contributed by atoms with Crippen LogP contribution in [0.3, 0.4) is 0 Å². The molecule has 9 heteroatoms. The first-order valence-electron chi connectivity index (χ1n) is 9.07. The molecule has 1 saturated heterocycles. The van der Waals surface area contributed by atoms with Crippen LogP contribution < -0.4 is 16.0 Å². The quantitative estimate of drug-likeness (QED) is 0.617. The van der Waals surface area contributed by atoms with Crippen molar-refractivity contribution in [3.8, 4) is 0 Å². The number of pyridine rings is 2. The van der Waals surface area contributed by atoms with Crippen molar-refractivity contribution in [2.45, 2.75) is 0 Å². The van der Waals surface area contributed by atoms with Crippen LogP contribution in [0, 0.1) is 0 Å². The van der Waals surface area contributed by atoms with Crippen LogP contribution in [0.5, 0.6) is 0 Å². The molecule has 0 saturated carbocycles. The Morgan fingerprint density at radius 3 is 2.71 bits per heavy atom. The van der Waals surface area contributed by atoms with Gasteiger partial charge in [0, 0.05) is 51.0 Å². The van der Waals surface area contributed by atoms with E-state index in [2.05, 4.69) is 25.2 Å². The molecule has 4 heterocycles. The number of hydrogen-bond acceptors (Lipinski definition) is 6. The highest BCUT2D eigenvalue weighted by Gasteiger charge is 2.23. The predicted octanol–water partition coefficient (Wildman–Crippen LogP) is 0.818. The summed E-state index contributed by atoms with van der Waals surface area (Å²) in [5.41, 5.74) is 8.26. The predicted molar refractivity (Wildman–Crippen MR) is 106 cm³/mol. The summed E-state index contributed by atoms with van der Waals surface area (Å²) in [5, 5.41) is 3.78. The molecule has 1 fully saturated rings. The molecule has 0 bridgehead atoms. The second-order valence-electron chi connectivity index (χ2n) is 6.52. The standard InChI is InChI=1S/C19H21N7O2/c20-10-16(27)26-8-6-25(7-9-26)15-3-5-22-18-17(15)14(12-23-18)24-19(28)13-2-1-4-21-11-13/h1-5,11-12H,6-10,20H2,(H,22,23)(H,24,28). The third-order valence-electron chi connectivity index (χ3n) is 4.87. The van der Waals surface area contributed by atoms with Crippen LogP contribution in [0.1, 0.15) is 10.4 Å². The van der Waals surface area contributed by atoms with Crippen molar-refractivity contribution in [1.82, 2.24) is 19.9 Å². The molecule has 3 aromatic heterocycles. The molecule has 144 valence electrons. The summed E-state index contributed by atoms with van der Waals surface area (Å²) in [7, 11) is 0. The zero-order valence-corrected chi connectivity index (χ0v) is 15.3. The number of fused-ring (bicyclic) bond motifs is 1. The molecule has 0 atom stereocenters. The minimum Gasteiger partial charge on any atom is -0.367 e. The summed E-state index contributed by atoms with van der Waals surface area (Å²) < 4.78 is 0. The van der Waals surface area contributed by atoms with Gasteiger partial charge in [-0.3, -0.25) is 14.6 Å². The monoisotopic (exact) mass is 379 g/mol. The van der Waals surface area contributed by atoms with Gasteiger partial charge in [0.2, 0.25) is 5.91 Å². The smallest absolute Gasteiger partial charge is 0.257 e. The number of nitrogens with one attached hydrogen (secondary N) is 2. The van der Waals surface area contributed by atoms with Crippen LogP contribution in [0.2, 0.25) is 0 Å². The summed E-state index contributed by atoms with van der Waals surface area (Å²) >= 11 is 0. The zero-order valence-electron chi connectivity index (χ0n) is 15.3. The van der Waals surface area contributed by atoms with Gasteiger partial charge in [-0.05, 0) is 18.2 Å². The Morgan fingerprint density at radius 1 is 1.18 bits per heavy atom. The highest BCUT2D eigenvalue weighted by atomic mass is 16.2. The minimum absolute atomic E-state index is 0.0296. The van der Waals surface area contributed by atoms with Gasteiger partial charge in [-0.2, -0.15) is 0 Å². The van der Waals surface area contributed by atoms with Gasteiger partial charge in [-0.1, -0.05) is 0 Å². The number of aromatic nitrogens is 3. The summed E-state index contributed by atoms with van der Waals surface area (Å²) in [6.07, 6.45) is 6.62. The van der Waals surface area contributed by atoms with Crippen LogP contribution >= 0.6 is 0 Å². The molecule has 2 amide bonds. The molecule has 1 aliphatic rings. The second kappa shape index (κ2) is 7.65. The van der Waals surface area contributed by atoms with E-state index in [1.807, 2.05) is 6.07 Å². The molecule has 4 N–H and O–H groups in total. The number of anilines is 2. The molecule has 9 nitrogen and oxygen atoms in total. The second-order valence-corrected chi connectivity index (χ2v) is 6.52. The van der Waals surface area contributed by atoms with E-state index >= 15 is 0 Å². The van der Waals surface area contributed by atoms with Crippen molar-refractivity contribution in [3.05, 3.63) is 48.5 Å². The van der Waals surface area contributed by atoms with Crippen LogP contribution in [0.4, 0.5) is 11.4 Å². The van der Waals surface area contributed by atoms with E-state index in [1.165, 1.54) is 6.20 Å². The number of nitrogens with two attached hydrogens (primary N) is 1. The molecule has 0 aliphatic carbocycles. The highest BCUT2D eigenvalue weighted by Crippen LogP contribution is 2.32. The van der Waals surface area contributed by atoms with Gasteiger partial charge in [0.25, 0.3) is 5.91 Å². The van der Waals surface area contributed by atoms with Gasteiger partial charge < -0.3 is 25.8 Å². The first-order chi connectivity index (χ1) is 13.7. The molecular weight excluding hydrogens is 358 g/mol. The number of carbonyl (C=O) groups is 2. The third-order valence-corrected chi connectivity index (χ3v) is 4.87. The molecule has 0 spiro atoms. The molecule has 3 aromatic rings. The van der Waals surface area contributed by atoms with Crippen molar-refractivity contribution in [2.24, 2.45) is 5.73 Å². The van der Waals surface area contributed by atoms with Gasteiger partial charge in [-0.15, -0.1) is 0 Å². The minimum atomic E-state index is -0.234. The first-order valence-corrected chi connectivity index (χ1v) is 9.07. The fourth-order valence-corrected chi connectivity index (χ4v) is 3.42. The third kappa shape index (κ3) is 3.39. The maximum absolute atomic E-state index is 12.5. The lowest BCUT2D eigenvalue weighted by molar-refractivity contribution is -0.129. The topological polar surface area (TPSA) is 120 Å². The Hall–Kier alpha value is -3.46. The number of amides is 2. The molecule has 0 radical (unpaired) electrons. The van der Waals surface area contributed by atoms with Gasteiger partial charge in [0.05, 0.1) is 28.9 Å². The largest absolute Gasteiger partial charge is 0.367 e. The number of hydrogen-bond donors (Lipinski definition) is 3. The van der Waals surface area contributed by atoms with Gasteiger partial charge in [-0.25, -0.2) is 4.98 Å². The van der Waals surface area contributed by atoms with Gasteiger partial charge in [0.1, 0.15) is 5.65 Å². The molecule has 1 aliphatic heterocycles. The Balaban J connectivity index is 1.59. The van der Waals surface area contributed by atoms with E-state index in [-0.39, 0.29) is 18.4 Å². The molecule has 28 heavy (non-hydrogen) atoms. The van der Waals surface area contributed by atoms with E-state index in [1.54, 1.807) is 35.6 Å². The maximum atomic E-state index is 12.5. The van der Waals surface area contributed by atoms with Crippen molar-refractivity contribution in [3.63, 3.8) is 0 Å². The number of piperazine rings is 1. The number of rotatable bonds is 4. The zero-order chi connectivity index (χ0) is 19.5. The van der Waals surface area contributed by atoms with Crippen LogP contribution in [0.15, 0.2) is 43.0 Å². The van der Waals surface area contributed by atoms with Gasteiger partial charge in [0.15, 0.2) is 0 Å². The van der Waals surface area contributed by atoms with Crippen molar-refractivity contribution < 1.29 is 9.59 Å². The van der Waals surface area contributed by atoms with Crippen LogP contribution in [-0.2, 0) is 4.79 Å². The number of H-pyrrole nitrogens is 1. The number of nitrogens with zero attached hydrogens (tertiary/aromatic N) is 4.